The fraction of sp³-hybridized carbons (Fsp3) is 0.651. The zero-order chi connectivity index (χ0) is 48.1. The molecule has 362 valence electrons. The van der Waals surface area contributed by atoms with E-state index in [1.165, 1.54) is 21.6 Å². The molecule has 1 aliphatic carbocycles. The van der Waals surface area contributed by atoms with Gasteiger partial charge in [0.2, 0.25) is 47.3 Å². The number of rotatable bonds is 16. The molecule has 1 spiro atoms. The predicted molar refractivity (Wildman–Crippen MR) is 252 cm³/mol. The smallest absolute Gasteiger partial charge is 0.243 e. The van der Waals surface area contributed by atoms with Crippen molar-refractivity contribution in [2.45, 2.75) is 139 Å². The number of amides is 8. The van der Waals surface area contributed by atoms with Gasteiger partial charge in [-0.25, -0.2) is 0 Å². The summed E-state index contributed by atoms with van der Waals surface area (Å²) in [4.78, 5) is 113. The van der Waals surface area contributed by atoms with Gasteiger partial charge in [0.05, 0.1) is 12.5 Å². The number of guanidine groups is 1. The predicted octanol–water partition coefficient (Wildman–Crippen LogP) is -0.668. The molecule has 15 N–H and O–H groups in total. The number of hydrogen-bond donors (Lipinski definition) is 11. The number of hydrogen-bond acceptors (Lipinski definition) is 12. The molecule has 1 saturated heterocycles. The van der Waals surface area contributed by atoms with Crippen molar-refractivity contribution in [1.82, 2.24) is 37.2 Å². The summed E-state index contributed by atoms with van der Waals surface area (Å²) in [6, 6.07) is 1.97. The summed E-state index contributed by atoms with van der Waals surface area (Å²) in [5.41, 5.74) is 22.9. The van der Waals surface area contributed by atoms with Crippen LogP contribution in [-0.2, 0) is 44.8 Å². The summed E-state index contributed by atoms with van der Waals surface area (Å²) in [6.45, 7) is 7.38. The molecule has 1 aromatic rings. The Morgan fingerprint density at radius 1 is 0.815 bits per heavy atom. The van der Waals surface area contributed by atoms with Crippen LogP contribution >= 0.6 is 21.6 Å². The molecule has 1 saturated carbocycles. The molecule has 22 heteroatoms. The minimum Gasteiger partial charge on any atom is -0.370 e. The molecule has 1 unspecified atom stereocenters. The molecular formula is C43H70N12O8S2. The van der Waals surface area contributed by atoms with Crippen molar-refractivity contribution >= 4 is 74.8 Å². The van der Waals surface area contributed by atoms with Gasteiger partial charge < -0.3 is 60.2 Å². The second-order valence-corrected chi connectivity index (χ2v) is 19.9. The van der Waals surface area contributed by atoms with Crippen LogP contribution in [0.3, 0.4) is 0 Å². The minimum absolute atomic E-state index is 0.00125. The number of primary amides is 1. The maximum atomic E-state index is 14.2. The molecule has 20 nitrogen and oxygen atoms in total. The van der Waals surface area contributed by atoms with Crippen molar-refractivity contribution in [3.63, 3.8) is 0 Å². The average Bonchev–Trinajstić information content (AvgIpc) is 3.26. The Balaban J connectivity index is 1.96. The van der Waals surface area contributed by atoms with Gasteiger partial charge in [-0.15, -0.1) is 0 Å². The fourth-order valence-corrected chi connectivity index (χ4v) is 10.8. The van der Waals surface area contributed by atoms with Gasteiger partial charge in [0, 0.05) is 43.0 Å². The topological polar surface area (TPSA) is 337 Å². The molecule has 1 aliphatic heterocycles. The van der Waals surface area contributed by atoms with Gasteiger partial charge in [0.1, 0.15) is 30.2 Å². The molecule has 3 rings (SSSR count). The third-order valence-corrected chi connectivity index (χ3v) is 14.7. The van der Waals surface area contributed by atoms with Crippen molar-refractivity contribution < 1.29 is 38.4 Å². The number of carbonyl (C=O) groups is 8. The van der Waals surface area contributed by atoms with Crippen LogP contribution in [0.2, 0.25) is 0 Å². The lowest BCUT2D eigenvalue weighted by Gasteiger charge is -2.37. The van der Waals surface area contributed by atoms with E-state index in [2.05, 4.69) is 42.2 Å². The lowest BCUT2D eigenvalue weighted by Crippen LogP contribution is -2.61. The zero-order valence-electron chi connectivity index (χ0n) is 38.0. The van der Waals surface area contributed by atoms with Crippen LogP contribution in [-0.4, -0.2) is 120 Å². The number of nitrogens with two attached hydrogens (primary N) is 4. The zero-order valence-corrected chi connectivity index (χ0v) is 39.6. The Kier molecular flexibility index (Phi) is 22.9. The summed E-state index contributed by atoms with van der Waals surface area (Å²) >= 11 is 0. The summed E-state index contributed by atoms with van der Waals surface area (Å²) in [7, 11) is 2.72. The second kappa shape index (κ2) is 27.4. The highest BCUT2D eigenvalue weighted by Gasteiger charge is 2.39. The van der Waals surface area contributed by atoms with Crippen LogP contribution in [0.15, 0.2) is 35.3 Å². The van der Waals surface area contributed by atoms with Gasteiger partial charge >= 0.3 is 0 Å². The quantitative estimate of drug-likeness (QED) is 0.0425. The number of nitrogens with zero attached hydrogens (tertiary/aromatic N) is 1. The van der Waals surface area contributed by atoms with Crippen molar-refractivity contribution in [3.8, 4) is 0 Å². The van der Waals surface area contributed by atoms with Crippen molar-refractivity contribution in [2.75, 3.05) is 25.4 Å². The van der Waals surface area contributed by atoms with Crippen LogP contribution in [0, 0.1) is 11.8 Å². The fourth-order valence-electron chi connectivity index (χ4n) is 7.44. The molecule has 0 bridgehead atoms. The lowest BCUT2D eigenvalue weighted by atomic mass is 9.85. The molecule has 2 fully saturated rings. The Labute approximate surface area is 389 Å². The average molecular weight is 947 g/mol. The van der Waals surface area contributed by atoms with E-state index in [-0.39, 0.29) is 49.5 Å². The van der Waals surface area contributed by atoms with Gasteiger partial charge in [-0.05, 0) is 43.1 Å². The standard InChI is InChI=1S/C43H70N12O8S2/c1-5-26(4)35-41(63)51-29(21-27-13-8-6-9-14-27)39(61)55-34(25(2)3)40(62)52-30(22-32(45)56)38(60)53-31(24-64-65-43(23-33(57)54-35)16-10-7-11-17-43)37(59)49-20-19-48-36(58)28(44)15-12-18-50-42(46)47/h6,8-9,13-14,25-26,28-31,34-35H,5,7,10-12,15-24,44H2,1-4H3,(H2,45,56)(H,48,58)(H,49,59)(H,51,63)(H,52,62)(H,53,60)(H,54,57)(H,55,61)(H4,46,47,50)/t26?,28-,29-,30-,31-,34-,35+/m0/s1. The first-order valence-corrected chi connectivity index (χ1v) is 24.7. The van der Waals surface area contributed by atoms with Gasteiger partial charge in [-0.2, -0.15) is 0 Å². The Bertz CT molecular complexity index is 1810. The van der Waals surface area contributed by atoms with Gasteiger partial charge in [-0.1, -0.05) is 105 Å². The third-order valence-electron chi connectivity index (χ3n) is 11.4. The van der Waals surface area contributed by atoms with Gasteiger partial charge in [0.15, 0.2) is 5.96 Å². The molecule has 65 heavy (non-hydrogen) atoms. The second-order valence-electron chi connectivity index (χ2n) is 17.1. The van der Waals surface area contributed by atoms with E-state index in [1.54, 1.807) is 38.1 Å². The van der Waals surface area contributed by atoms with E-state index >= 15 is 0 Å². The summed E-state index contributed by atoms with van der Waals surface area (Å²) < 4.78 is -0.578. The van der Waals surface area contributed by atoms with Crippen LogP contribution < -0.4 is 60.2 Å². The van der Waals surface area contributed by atoms with Crippen LogP contribution in [0.25, 0.3) is 0 Å². The van der Waals surface area contributed by atoms with Gasteiger partial charge in [-0.3, -0.25) is 43.3 Å². The van der Waals surface area contributed by atoms with E-state index in [9.17, 15) is 38.4 Å². The SMILES string of the molecule is CCC(C)[C@H]1NC(=O)CC2(CCCCC2)SSC[C@@H](C(=O)NCCNC(=O)[C@@H](N)CCCN=C(N)N)NC(=O)[C@H](CC(N)=O)NC(=O)[C@H](C(C)C)NC(=O)[C@H](Cc2ccccc2)NC1=O. The summed E-state index contributed by atoms with van der Waals surface area (Å²) in [6.07, 6.45) is 4.87. The highest BCUT2D eigenvalue weighted by atomic mass is 33.1. The molecule has 8 amide bonds. The maximum absolute atomic E-state index is 14.2. The third kappa shape index (κ3) is 18.7. The van der Waals surface area contributed by atoms with E-state index in [4.69, 9.17) is 22.9 Å². The highest BCUT2D eigenvalue weighted by molar-refractivity contribution is 8.77. The van der Waals surface area contributed by atoms with Crippen LogP contribution in [0.1, 0.15) is 97.5 Å². The first-order valence-electron chi connectivity index (χ1n) is 22.3. The van der Waals surface area contributed by atoms with E-state index in [1.807, 2.05) is 19.9 Å². The monoisotopic (exact) mass is 946 g/mol. The number of aliphatic imine (C=N–C) groups is 1. The highest BCUT2D eigenvalue weighted by Crippen LogP contribution is 2.48. The van der Waals surface area contributed by atoms with Crippen molar-refractivity contribution in [2.24, 2.45) is 39.8 Å². The molecule has 0 radical (unpaired) electrons. The Hall–Kier alpha value is -5.09. The first kappa shape index (κ1) is 54.2. The summed E-state index contributed by atoms with van der Waals surface area (Å²) in [5.74, 6) is -6.20. The van der Waals surface area contributed by atoms with Gasteiger partial charge in [0.25, 0.3) is 0 Å². The molecule has 1 heterocycles. The minimum atomic E-state index is -1.55. The van der Waals surface area contributed by atoms with Crippen LogP contribution in [0.5, 0.6) is 0 Å². The Morgan fingerprint density at radius 3 is 2.08 bits per heavy atom. The number of carbonyl (C=O) groups excluding carboxylic acids is 8. The molecular weight excluding hydrogens is 877 g/mol. The number of nitrogens with one attached hydrogen (secondary N) is 7. The summed E-state index contributed by atoms with van der Waals surface area (Å²) in [5, 5.41) is 19.2. The van der Waals surface area contributed by atoms with Crippen molar-refractivity contribution in [3.05, 3.63) is 35.9 Å². The molecule has 2 aliphatic rings. The van der Waals surface area contributed by atoms with Crippen LogP contribution in [0.4, 0.5) is 0 Å². The first-order chi connectivity index (χ1) is 30.8. The Morgan fingerprint density at radius 2 is 1.45 bits per heavy atom. The normalized spacial score (nSPS) is 23.6. The van der Waals surface area contributed by atoms with Crippen molar-refractivity contribution in [1.29, 1.82) is 0 Å². The molecule has 7 atom stereocenters. The van der Waals surface area contributed by atoms with E-state index < -0.39 is 94.7 Å². The van der Waals surface area contributed by atoms with E-state index in [0.717, 1.165) is 24.8 Å². The largest absolute Gasteiger partial charge is 0.370 e. The maximum Gasteiger partial charge on any atom is 0.243 e. The van der Waals surface area contributed by atoms with E-state index in [0.29, 0.717) is 38.6 Å². The molecule has 1 aromatic carbocycles. The lowest BCUT2D eigenvalue weighted by molar-refractivity contribution is -0.136. The number of benzene rings is 1. The molecule has 0 aromatic heterocycles.